The molecule has 0 heterocycles. The zero-order valence-corrected chi connectivity index (χ0v) is 19.8. The van der Waals surface area contributed by atoms with E-state index in [1.54, 1.807) is 0 Å². The first kappa shape index (κ1) is 28.8. The quantitative estimate of drug-likeness (QED) is 0.217. The van der Waals surface area contributed by atoms with Crippen molar-refractivity contribution in [3.05, 3.63) is 24.3 Å². The number of carbonyl (C=O) groups is 2. The second-order valence-electron chi connectivity index (χ2n) is 6.94. The van der Waals surface area contributed by atoms with Crippen molar-refractivity contribution >= 4 is 11.8 Å². The smallest absolute Gasteiger partial charge is 0.548 e. The SMILES string of the molecule is CCCCC/C=C\C/C=C\CCCCCCCC(=O)CN[C@@H](C)C(=O)[O-].[Na+]. The number of aliphatic carboxylic acids is 1. The standard InChI is InChI=1S/C22H39NO3.Na/c1-3-4-5-6-7-8-9-10-11-12-13-14-15-16-17-18-21(24)19-23-20(2)22(25)26;/h7-8,10-11,20,23H,3-6,9,12-19H2,1-2H3,(H,25,26);/q;+1/p-1/b8-7-,11-10-;/t20-;/m0./s1. The summed E-state index contributed by atoms with van der Waals surface area (Å²) in [5.41, 5.74) is 0. The molecule has 0 rings (SSSR count). The van der Waals surface area contributed by atoms with E-state index >= 15 is 0 Å². The molecule has 0 fully saturated rings. The third kappa shape index (κ3) is 21.7. The first-order chi connectivity index (χ1) is 12.6. The molecule has 150 valence electrons. The molecule has 0 saturated carbocycles. The van der Waals surface area contributed by atoms with Crippen LogP contribution >= 0.6 is 0 Å². The molecule has 0 aliphatic carbocycles. The van der Waals surface area contributed by atoms with E-state index in [1.807, 2.05) is 0 Å². The Kier molecular flexibility index (Phi) is 23.3. The van der Waals surface area contributed by atoms with Crippen molar-refractivity contribution in [1.82, 2.24) is 5.32 Å². The number of unbranched alkanes of at least 4 members (excludes halogenated alkanes) is 8. The summed E-state index contributed by atoms with van der Waals surface area (Å²) in [7, 11) is 0. The third-order valence-electron chi connectivity index (χ3n) is 4.37. The van der Waals surface area contributed by atoms with Crippen LogP contribution < -0.4 is 40.0 Å². The number of carbonyl (C=O) groups excluding carboxylic acids is 2. The van der Waals surface area contributed by atoms with Crippen molar-refractivity contribution in [2.24, 2.45) is 0 Å². The van der Waals surface area contributed by atoms with E-state index in [4.69, 9.17) is 0 Å². The average molecular weight is 388 g/mol. The van der Waals surface area contributed by atoms with Crippen LogP contribution in [0.5, 0.6) is 0 Å². The molecule has 5 heteroatoms. The molecule has 0 bridgehead atoms. The summed E-state index contributed by atoms with van der Waals surface area (Å²) in [6.45, 7) is 3.83. The van der Waals surface area contributed by atoms with E-state index in [2.05, 4.69) is 36.5 Å². The fraction of sp³-hybridized carbons (Fsp3) is 0.727. The van der Waals surface area contributed by atoms with Crippen LogP contribution in [0, 0.1) is 0 Å². The summed E-state index contributed by atoms with van der Waals surface area (Å²) in [5.74, 6) is -1.10. The Morgan fingerprint density at radius 3 is 2.04 bits per heavy atom. The fourth-order valence-corrected chi connectivity index (χ4v) is 2.57. The Labute approximate surface area is 188 Å². The summed E-state index contributed by atoms with van der Waals surface area (Å²) < 4.78 is 0. The second kappa shape index (κ2) is 21.9. The zero-order valence-electron chi connectivity index (χ0n) is 17.8. The molecule has 0 aromatic carbocycles. The minimum Gasteiger partial charge on any atom is -0.548 e. The van der Waals surface area contributed by atoms with E-state index in [9.17, 15) is 14.7 Å². The zero-order chi connectivity index (χ0) is 19.5. The minimum atomic E-state index is -1.17. The van der Waals surface area contributed by atoms with Gasteiger partial charge in [0, 0.05) is 12.5 Å². The van der Waals surface area contributed by atoms with Gasteiger partial charge in [-0.2, -0.15) is 0 Å². The number of allylic oxidation sites excluding steroid dienone is 4. The number of hydrogen-bond donors (Lipinski definition) is 1. The van der Waals surface area contributed by atoms with Crippen LogP contribution in [-0.4, -0.2) is 24.3 Å². The number of rotatable bonds is 18. The molecule has 0 amide bonds. The molecular weight excluding hydrogens is 349 g/mol. The monoisotopic (exact) mass is 387 g/mol. The maximum absolute atomic E-state index is 11.6. The van der Waals surface area contributed by atoms with Crippen molar-refractivity contribution in [2.45, 2.75) is 96.9 Å². The number of carboxylic acid groups (broad SMARTS) is 1. The first-order valence-electron chi connectivity index (χ1n) is 10.3. The molecule has 0 aromatic heterocycles. The Balaban J connectivity index is 0. The summed E-state index contributed by atoms with van der Waals surface area (Å²) in [6.07, 6.45) is 22.4. The van der Waals surface area contributed by atoms with E-state index in [1.165, 1.54) is 45.4 Å². The van der Waals surface area contributed by atoms with Crippen molar-refractivity contribution in [3.8, 4) is 0 Å². The summed E-state index contributed by atoms with van der Waals surface area (Å²) in [5, 5.41) is 13.2. The van der Waals surface area contributed by atoms with E-state index in [0.717, 1.165) is 32.1 Å². The van der Waals surface area contributed by atoms with Gasteiger partial charge in [-0.05, 0) is 45.4 Å². The molecular formula is C22H38NNaO3. The molecule has 27 heavy (non-hydrogen) atoms. The van der Waals surface area contributed by atoms with Crippen molar-refractivity contribution in [3.63, 3.8) is 0 Å². The number of hydrogen-bond acceptors (Lipinski definition) is 4. The molecule has 0 aromatic rings. The van der Waals surface area contributed by atoms with Crippen LogP contribution in [0.15, 0.2) is 24.3 Å². The molecule has 0 saturated heterocycles. The Morgan fingerprint density at radius 2 is 1.44 bits per heavy atom. The van der Waals surface area contributed by atoms with Crippen LogP contribution in [0.1, 0.15) is 90.9 Å². The molecule has 1 N–H and O–H groups in total. The van der Waals surface area contributed by atoms with Crippen molar-refractivity contribution < 1.29 is 44.3 Å². The van der Waals surface area contributed by atoms with Crippen molar-refractivity contribution in [1.29, 1.82) is 0 Å². The van der Waals surface area contributed by atoms with Gasteiger partial charge in [0.05, 0.1) is 12.5 Å². The maximum Gasteiger partial charge on any atom is 1.00 e. The van der Waals surface area contributed by atoms with Gasteiger partial charge in [0.2, 0.25) is 0 Å². The largest absolute Gasteiger partial charge is 1.00 e. The number of carboxylic acids is 1. The second-order valence-corrected chi connectivity index (χ2v) is 6.94. The van der Waals surface area contributed by atoms with Crippen LogP contribution in [0.3, 0.4) is 0 Å². The first-order valence-corrected chi connectivity index (χ1v) is 10.3. The van der Waals surface area contributed by atoms with Gasteiger partial charge >= 0.3 is 29.6 Å². The fourth-order valence-electron chi connectivity index (χ4n) is 2.57. The average Bonchev–Trinajstić information content (AvgIpc) is 2.62. The third-order valence-corrected chi connectivity index (χ3v) is 4.37. The molecule has 0 spiro atoms. The maximum atomic E-state index is 11.6. The summed E-state index contributed by atoms with van der Waals surface area (Å²) >= 11 is 0. The van der Waals surface area contributed by atoms with E-state index in [0.29, 0.717) is 6.42 Å². The Bertz CT molecular complexity index is 422. The molecule has 0 aliphatic heterocycles. The number of nitrogens with one attached hydrogen (secondary N) is 1. The van der Waals surface area contributed by atoms with Gasteiger partial charge in [-0.25, -0.2) is 0 Å². The van der Waals surface area contributed by atoms with E-state index in [-0.39, 0.29) is 41.9 Å². The topological polar surface area (TPSA) is 69.2 Å². The molecule has 0 radical (unpaired) electrons. The normalized spacial score (nSPS) is 12.4. The van der Waals surface area contributed by atoms with Gasteiger partial charge in [-0.3, -0.25) is 4.79 Å². The number of ketones is 1. The molecule has 0 aliphatic rings. The van der Waals surface area contributed by atoms with Crippen molar-refractivity contribution in [2.75, 3.05) is 6.54 Å². The Morgan fingerprint density at radius 1 is 0.889 bits per heavy atom. The van der Waals surface area contributed by atoms with Crippen LogP contribution in [0.4, 0.5) is 0 Å². The summed E-state index contributed by atoms with van der Waals surface area (Å²) in [4.78, 5) is 22.1. The molecule has 0 unspecified atom stereocenters. The van der Waals surface area contributed by atoms with Gasteiger partial charge in [0.1, 0.15) is 5.78 Å². The van der Waals surface area contributed by atoms with Gasteiger partial charge in [0.15, 0.2) is 0 Å². The molecule has 4 nitrogen and oxygen atoms in total. The predicted octanol–water partition coefficient (Wildman–Crippen LogP) is 1.10. The molecule has 1 atom stereocenters. The van der Waals surface area contributed by atoms with Gasteiger partial charge < -0.3 is 15.2 Å². The van der Waals surface area contributed by atoms with E-state index < -0.39 is 12.0 Å². The Hall–Kier alpha value is -0.420. The summed E-state index contributed by atoms with van der Waals surface area (Å²) in [6, 6.07) is -0.774. The van der Waals surface area contributed by atoms with Gasteiger partial charge in [0.25, 0.3) is 0 Å². The predicted molar refractivity (Wildman–Crippen MR) is 107 cm³/mol. The minimum absolute atomic E-state index is 0. The van der Waals surface area contributed by atoms with Crippen LogP contribution in [0.2, 0.25) is 0 Å². The van der Waals surface area contributed by atoms with Crippen LogP contribution in [-0.2, 0) is 9.59 Å². The van der Waals surface area contributed by atoms with Gasteiger partial charge in [-0.1, -0.05) is 63.3 Å². The van der Waals surface area contributed by atoms with Crippen LogP contribution in [0.25, 0.3) is 0 Å². The number of Topliss-reactive ketones (excluding diaryl/α,β-unsaturated/α-hetero) is 1. The van der Waals surface area contributed by atoms with Gasteiger partial charge in [-0.15, -0.1) is 0 Å².